The minimum Gasteiger partial charge on any atom is -0.253 e. The Morgan fingerprint density at radius 2 is 2.35 bits per heavy atom. The SMILES string of the molecule is Cc1csc(NN=Cc2c(F)cccc2Br)n1. The molecule has 88 valence electrons. The minimum absolute atomic E-state index is 0.319. The van der Waals surface area contributed by atoms with E-state index in [1.165, 1.54) is 23.6 Å². The molecule has 17 heavy (non-hydrogen) atoms. The summed E-state index contributed by atoms with van der Waals surface area (Å²) in [7, 11) is 0. The Morgan fingerprint density at radius 1 is 1.53 bits per heavy atom. The molecule has 1 aromatic carbocycles. The number of nitrogens with zero attached hydrogens (tertiary/aromatic N) is 2. The van der Waals surface area contributed by atoms with Gasteiger partial charge in [-0.15, -0.1) is 11.3 Å². The second kappa shape index (κ2) is 5.37. The molecule has 0 aliphatic rings. The molecular weight excluding hydrogens is 305 g/mol. The average Bonchev–Trinajstić information content (AvgIpc) is 2.69. The van der Waals surface area contributed by atoms with Gasteiger partial charge in [0.2, 0.25) is 5.13 Å². The van der Waals surface area contributed by atoms with Crippen molar-refractivity contribution in [3.63, 3.8) is 0 Å². The molecule has 1 aromatic heterocycles. The van der Waals surface area contributed by atoms with Gasteiger partial charge in [0.15, 0.2) is 0 Å². The normalized spacial score (nSPS) is 11.0. The lowest BCUT2D eigenvalue weighted by molar-refractivity contribution is 0.625. The average molecular weight is 314 g/mol. The van der Waals surface area contributed by atoms with Gasteiger partial charge in [0.25, 0.3) is 0 Å². The number of anilines is 1. The number of benzene rings is 1. The molecule has 0 saturated heterocycles. The molecule has 1 N–H and O–H groups in total. The summed E-state index contributed by atoms with van der Waals surface area (Å²) < 4.78 is 14.1. The van der Waals surface area contributed by atoms with Gasteiger partial charge in [-0.05, 0) is 19.1 Å². The molecule has 0 aliphatic carbocycles. The van der Waals surface area contributed by atoms with Crippen molar-refractivity contribution in [2.45, 2.75) is 6.92 Å². The van der Waals surface area contributed by atoms with Crippen LogP contribution in [0.2, 0.25) is 0 Å². The first kappa shape index (κ1) is 12.2. The lowest BCUT2D eigenvalue weighted by Crippen LogP contribution is -1.94. The zero-order valence-electron chi connectivity index (χ0n) is 8.95. The van der Waals surface area contributed by atoms with Crippen molar-refractivity contribution in [3.8, 4) is 0 Å². The van der Waals surface area contributed by atoms with Crippen LogP contribution >= 0.6 is 27.3 Å². The lowest BCUT2D eigenvalue weighted by atomic mass is 10.2. The number of thiazole rings is 1. The standard InChI is InChI=1S/C11H9BrFN3S/c1-7-6-17-11(15-7)16-14-5-8-9(12)3-2-4-10(8)13/h2-6H,1H3,(H,15,16). The van der Waals surface area contributed by atoms with E-state index in [1.54, 1.807) is 12.1 Å². The van der Waals surface area contributed by atoms with Gasteiger partial charge in [-0.2, -0.15) is 5.10 Å². The van der Waals surface area contributed by atoms with Gasteiger partial charge in [-0.25, -0.2) is 9.37 Å². The van der Waals surface area contributed by atoms with E-state index in [2.05, 4.69) is 31.4 Å². The molecule has 0 bridgehead atoms. The summed E-state index contributed by atoms with van der Waals surface area (Å²) in [5.74, 6) is -0.319. The van der Waals surface area contributed by atoms with Gasteiger partial charge in [-0.3, -0.25) is 5.43 Å². The Kier molecular flexibility index (Phi) is 3.86. The van der Waals surface area contributed by atoms with Crippen LogP contribution in [0.4, 0.5) is 9.52 Å². The highest BCUT2D eigenvalue weighted by Gasteiger charge is 2.03. The summed E-state index contributed by atoms with van der Waals surface area (Å²) in [4.78, 5) is 4.17. The Balaban J connectivity index is 2.10. The third-order valence-corrected chi connectivity index (χ3v) is 3.53. The molecule has 0 unspecified atom stereocenters. The van der Waals surface area contributed by atoms with Crippen LogP contribution in [0.3, 0.4) is 0 Å². The maximum atomic E-state index is 13.4. The van der Waals surface area contributed by atoms with Crippen LogP contribution in [0.5, 0.6) is 0 Å². The van der Waals surface area contributed by atoms with E-state index in [9.17, 15) is 4.39 Å². The highest BCUT2D eigenvalue weighted by atomic mass is 79.9. The number of hydrogen-bond donors (Lipinski definition) is 1. The molecule has 0 atom stereocenters. The topological polar surface area (TPSA) is 37.3 Å². The maximum absolute atomic E-state index is 13.4. The number of aromatic nitrogens is 1. The highest BCUT2D eigenvalue weighted by Crippen LogP contribution is 2.18. The fourth-order valence-corrected chi connectivity index (χ4v) is 2.27. The zero-order valence-corrected chi connectivity index (χ0v) is 11.3. The fourth-order valence-electron chi connectivity index (χ4n) is 1.19. The zero-order chi connectivity index (χ0) is 12.3. The first-order valence-corrected chi connectivity index (χ1v) is 6.49. The van der Waals surface area contributed by atoms with E-state index in [0.717, 1.165) is 5.69 Å². The monoisotopic (exact) mass is 313 g/mol. The van der Waals surface area contributed by atoms with Crippen LogP contribution < -0.4 is 5.43 Å². The summed E-state index contributed by atoms with van der Waals surface area (Å²) >= 11 is 4.72. The maximum Gasteiger partial charge on any atom is 0.203 e. The van der Waals surface area contributed by atoms with Crippen LogP contribution in [-0.4, -0.2) is 11.2 Å². The molecule has 3 nitrogen and oxygen atoms in total. The van der Waals surface area contributed by atoms with Gasteiger partial charge in [0.05, 0.1) is 11.9 Å². The van der Waals surface area contributed by atoms with E-state index in [4.69, 9.17) is 0 Å². The number of hydrazone groups is 1. The Hall–Kier alpha value is -1.27. The molecule has 0 radical (unpaired) electrons. The molecule has 2 rings (SSSR count). The minimum atomic E-state index is -0.319. The molecule has 0 spiro atoms. The van der Waals surface area contributed by atoms with Crippen molar-refractivity contribution in [1.29, 1.82) is 0 Å². The molecule has 1 heterocycles. The molecule has 0 aliphatic heterocycles. The second-order valence-electron chi connectivity index (χ2n) is 3.30. The molecule has 0 saturated carbocycles. The van der Waals surface area contributed by atoms with Crippen LogP contribution in [0.15, 0.2) is 33.2 Å². The van der Waals surface area contributed by atoms with Crippen molar-refractivity contribution in [1.82, 2.24) is 4.98 Å². The summed E-state index contributed by atoms with van der Waals surface area (Å²) in [5, 5.41) is 6.55. The van der Waals surface area contributed by atoms with Crippen LogP contribution in [0, 0.1) is 12.7 Å². The van der Waals surface area contributed by atoms with Crippen molar-refractivity contribution in [2.24, 2.45) is 5.10 Å². The van der Waals surface area contributed by atoms with E-state index in [0.29, 0.717) is 15.2 Å². The Labute approximate surface area is 111 Å². The summed E-state index contributed by atoms with van der Waals surface area (Å²) in [5.41, 5.74) is 4.10. The van der Waals surface area contributed by atoms with Gasteiger partial charge < -0.3 is 0 Å². The number of halogens is 2. The van der Waals surface area contributed by atoms with E-state index < -0.39 is 0 Å². The van der Waals surface area contributed by atoms with Gasteiger partial charge in [0, 0.05) is 15.4 Å². The first-order valence-electron chi connectivity index (χ1n) is 4.82. The summed E-state index contributed by atoms with van der Waals surface area (Å²) in [6.45, 7) is 1.90. The van der Waals surface area contributed by atoms with Gasteiger partial charge in [-0.1, -0.05) is 22.0 Å². The quantitative estimate of drug-likeness (QED) is 0.691. The van der Waals surface area contributed by atoms with Crippen molar-refractivity contribution in [3.05, 3.63) is 45.1 Å². The Bertz CT molecular complexity index is 533. The number of nitrogens with one attached hydrogen (secondary N) is 1. The van der Waals surface area contributed by atoms with E-state index in [-0.39, 0.29) is 5.82 Å². The van der Waals surface area contributed by atoms with Crippen molar-refractivity contribution < 1.29 is 4.39 Å². The lowest BCUT2D eigenvalue weighted by Gasteiger charge is -1.99. The van der Waals surface area contributed by atoms with E-state index >= 15 is 0 Å². The number of rotatable bonds is 3. The Morgan fingerprint density at radius 3 is 3.00 bits per heavy atom. The molecule has 0 fully saturated rings. The predicted molar refractivity (Wildman–Crippen MR) is 72.2 cm³/mol. The summed E-state index contributed by atoms with van der Waals surface area (Å²) in [6.07, 6.45) is 1.43. The molecule has 0 amide bonds. The largest absolute Gasteiger partial charge is 0.253 e. The molecule has 2 aromatic rings. The third-order valence-electron chi connectivity index (χ3n) is 1.97. The van der Waals surface area contributed by atoms with Gasteiger partial charge in [0.1, 0.15) is 5.82 Å². The van der Waals surface area contributed by atoms with Gasteiger partial charge >= 0.3 is 0 Å². The van der Waals surface area contributed by atoms with Crippen molar-refractivity contribution >= 4 is 38.6 Å². The highest BCUT2D eigenvalue weighted by molar-refractivity contribution is 9.10. The number of hydrogen-bond acceptors (Lipinski definition) is 4. The fraction of sp³-hybridized carbons (Fsp3) is 0.0909. The number of aryl methyl sites for hydroxylation is 1. The predicted octanol–water partition coefficient (Wildman–Crippen LogP) is 3.80. The van der Waals surface area contributed by atoms with E-state index in [1.807, 2.05) is 12.3 Å². The first-order chi connectivity index (χ1) is 8.16. The molecular formula is C11H9BrFN3S. The van der Waals surface area contributed by atoms with Crippen LogP contribution in [0.1, 0.15) is 11.3 Å². The third kappa shape index (κ3) is 3.10. The summed E-state index contributed by atoms with van der Waals surface area (Å²) in [6, 6.07) is 4.78. The smallest absolute Gasteiger partial charge is 0.203 e. The van der Waals surface area contributed by atoms with Crippen LogP contribution in [0.25, 0.3) is 0 Å². The van der Waals surface area contributed by atoms with Crippen molar-refractivity contribution in [2.75, 3.05) is 5.43 Å². The van der Waals surface area contributed by atoms with Crippen LogP contribution in [-0.2, 0) is 0 Å². The second-order valence-corrected chi connectivity index (χ2v) is 5.01. The molecule has 6 heteroatoms.